The standard InChI is InChI=1S/C10H10BrN3.C9H9BrN4/c11-9-6-14-4-3-12-10(14)8(13-9)5-7-1-2-7;10-7-5-14-4-3-11-9(14)8(13-7)12-6-1-2-6/h3-4,6-7H,1-2,5H2;3-6H,1-2H2,(H,12,13). The summed E-state index contributed by atoms with van der Waals surface area (Å²) in [5.74, 6) is 1.71. The van der Waals surface area contributed by atoms with Crippen molar-refractivity contribution in [2.45, 2.75) is 38.1 Å². The van der Waals surface area contributed by atoms with Crippen LogP contribution in [0, 0.1) is 5.92 Å². The van der Waals surface area contributed by atoms with Crippen molar-refractivity contribution in [2.24, 2.45) is 5.92 Å². The minimum Gasteiger partial charge on any atom is -0.364 e. The molecule has 0 spiro atoms. The van der Waals surface area contributed by atoms with E-state index in [1.807, 2.05) is 39.8 Å². The molecule has 0 radical (unpaired) electrons. The van der Waals surface area contributed by atoms with E-state index in [1.165, 1.54) is 25.7 Å². The van der Waals surface area contributed by atoms with E-state index >= 15 is 0 Å². The van der Waals surface area contributed by atoms with E-state index in [0.29, 0.717) is 6.04 Å². The number of hydrogen-bond acceptors (Lipinski definition) is 5. The van der Waals surface area contributed by atoms with Crippen LogP contribution in [0.25, 0.3) is 11.3 Å². The maximum absolute atomic E-state index is 4.49. The van der Waals surface area contributed by atoms with Gasteiger partial charge in [0.2, 0.25) is 0 Å². The summed E-state index contributed by atoms with van der Waals surface area (Å²) in [6.45, 7) is 0. The quantitative estimate of drug-likeness (QED) is 0.442. The average molecular weight is 505 g/mol. The van der Waals surface area contributed by atoms with Crippen molar-refractivity contribution in [3.05, 3.63) is 52.1 Å². The monoisotopic (exact) mass is 503 g/mol. The van der Waals surface area contributed by atoms with Gasteiger partial charge in [0.05, 0.1) is 5.69 Å². The molecule has 4 aromatic heterocycles. The molecule has 0 aromatic carbocycles. The summed E-state index contributed by atoms with van der Waals surface area (Å²) in [5, 5.41) is 3.36. The fraction of sp³-hybridized carbons (Fsp3) is 0.368. The Kier molecular flexibility index (Phi) is 4.80. The highest BCUT2D eigenvalue weighted by Gasteiger charge is 2.24. The first-order chi connectivity index (χ1) is 13.7. The molecule has 1 N–H and O–H groups in total. The van der Waals surface area contributed by atoms with Crippen LogP contribution in [0.1, 0.15) is 31.4 Å². The van der Waals surface area contributed by atoms with Crippen molar-refractivity contribution < 1.29 is 0 Å². The fourth-order valence-electron chi connectivity index (χ4n) is 3.11. The largest absolute Gasteiger partial charge is 0.364 e. The number of fused-ring (bicyclic) bond motifs is 2. The number of nitrogens with one attached hydrogen (secondary N) is 1. The molecule has 28 heavy (non-hydrogen) atoms. The predicted octanol–water partition coefficient (Wildman–Crippen LogP) is 4.51. The van der Waals surface area contributed by atoms with Gasteiger partial charge in [-0.3, -0.25) is 0 Å². The lowest BCUT2D eigenvalue weighted by atomic mass is 10.2. The summed E-state index contributed by atoms with van der Waals surface area (Å²) < 4.78 is 5.70. The van der Waals surface area contributed by atoms with Crippen LogP contribution in [0.15, 0.2) is 46.4 Å². The Labute approximate surface area is 178 Å². The first-order valence-corrected chi connectivity index (χ1v) is 11.0. The van der Waals surface area contributed by atoms with Gasteiger partial charge in [-0.15, -0.1) is 0 Å². The van der Waals surface area contributed by atoms with Gasteiger partial charge in [0.15, 0.2) is 17.1 Å². The van der Waals surface area contributed by atoms with Gasteiger partial charge in [0.1, 0.15) is 9.21 Å². The van der Waals surface area contributed by atoms with E-state index in [0.717, 1.165) is 44.4 Å². The fourth-order valence-corrected chi connectivity index (χ4v) is 3.95. The van der Waals surface area contributed by atoms with Gasteiger partial charge in [-0.25, -0.2) is 19.9 Å². The van der Waals surface area contributed by atoms with Crippen molar-refractivity contribution in [1.29, 1.82) is 0 Å². The number of imidazole rings is 2. The molecule has 2 aliphatic rings. The van der Waals surface area contributed by atoms with Gasteiger partial charge in [0.25, 0.3) is 0 Å². The van der Waals surface area contributed by atoms with Crippen molar-refractivity contribution in [3.63, 3.8) is 0 Å². The molecule has 0 atom stereocenters. The average Bonchev–Trinajstić information content (AvgIpc) is 3.55. The Bertz CT molecular complexity index is 1040. The summed E-state index contributed by atoms with van der Waals surface area (Å²) >= 11 is 6.80. The lowest BCUT2D eigenvalue weighted by Gasteiger charge is -2.05. The lowest BCUT2D eigenvalue weighted by Crippen LogP contribution is -2.05. The zero-order valence-electron chi connectivity index (χ0n) is 15.1. The molecule has 2 aliphatic carbocycles. The Hall–Kier alpha value is -2.00. The number of anilines is 1. The van der Waals surface area contributed by atoms with Crippen LogP contribution in [0.3, 0.4) is 0 Å². The van der Waals surface area contributed by atoms with E-state index in [-0.39, 0.29) is 0 Å². The van der Waals surface area contributed by atoms with Gasteiger partial charge in [-0.05, 0) is 69.9 Å². The normalized spacial score (nSPS) is 16.2. The molecule has 0 amide bonds. The van der Waals surface area contributed by atoms with Crippen molar-refractivity contribution >= 4 is 49.0 Å². The Morgan fingerprint density at radius 1 is 0.893 bits per heavy atom. The Morgan fingerprint density at radius 3 is 2.21 bits per heavy atom. The highest BCUT2D eigenvalue weighted by Crippen LogP contribution is 2.33. The maximum Gasteiger partial charge on any atom is 0.180 e. The second kappa shape index (κ2) is 7.44. The van der Waals surface area contributed by atoms with Crippen molar-refractivity contribution in [3.8, 4) is 0 Å². The SMILES string of the molecule is Brc1cn2ccnc2c(CC2CC2)n1.Brc1cn2ccnc2c(NC2CC2)n1. The molecule has 4 aromatic rings. The van der Waals surface area contributed by atoms with E-state index in [9.17, 15) is 0 Å². The summed E-state index contributed by atoms with van der Waals surface area (Å²) in [6.07, 6.45) is 17.6. The second-order valence-electron chi connectivity index (χ2n) is 7.30. The van der Waals surface area contributed by atoms with Crippen LogP contribution in [0.2, 0.25) is 0 Å². The van der Waals surface area contributed by atoms with Crippen LogP contribution in [0.4, 0.5) is 5.82 Å². The number of aromatic nitrogens is 6. The molecule has 0 aliphatic heterocycles. The second-order valence-corrected chi connectivity index (χ2v) is 8.93. The molecule has 0 saturated heterocycles. The lowest BCUT2D eigenvalue weighted by molar-refractivity contribution is 0.797. The van der Waals surface area contributed by atoms with E-state index in [4.69, 9.17) is 0 Å². The Balaban J connectivity index is 0.000000122. The minimum atomic E-state index is 0.595. The van der Waals surface area contributed by atoms with Gasteiger partial charge in [-0.1, -0.05) is 0 Å². The summed E-state index contributed by atoms with van der Waals surface area (Å²) in [4.78, 5) is 17.4. The zero-order chi connectivity index (χ0) is 19.1. The third kappa shape index (κ3) is 4.05. The van der Waals surface area contributed by atoms with Crippen LogP contribution in [-0.2, 0) is 6.42 Å². The van der Waals surface area contributed by atoms with Crippen LogP contribution < -0.4 is 5.32 Å². The van der Waals surface area contributed by atoms with E-state index in [2.05, 4.69) is 57.1 Å². The first-order valence-electron chi connectivity index (χ1n) is 9.39. The molecule has 6 rings (SSSR count). The predicted molar refractivity (Wildman–Crippen MR) is 114 cm³/mol. The molecule has 0 bridgehead atoms. The van der Waals surface area contributed by atoms with Crippen LogP contribution in [-0.4, -0.2) is 34.8 Å². The summed E-state index contributed by atoms with van der Waals surface area (Å²) in [7, 11) is 0. The minimum absolute atomic E-state index is 0.595. The summed E-state index contributed by atoms with van der Waals surface area (Å²) in [6, 6.07) is 0.595. The van der Waals surface area contributed by atoms with Crippen molar-refractivity contribution in [2.75, 3.05) is 5.32 Å². The topological polar surface area (TPSA) is 72.4 Å². The molecule has 7 nitrogen and oxygen atoms in total. The maximum atomic E-state index is 4.49. The van der Waals surface area contributed by atoms with E-state index < -0.39 is 0 Å². The molecule has 0 unspecified atom stereocenters. The van der Waals surface area contributed by atoms with Crippen LogP contribution >= 0.6 is 31.9 Å². The highest BCUT2D eigenvalue weighted by atomic mass is 79.9. The molecule has 2 fully saturated rings. The first kappa shape index (κ1) is 18.1. The molecular formula is C19H19Br2N7. The van der Waals surface area contributed by atoms with Gasteiger partial charge < -0.3 is 14.1 Å². The Morgan fingerprint density at radius 2 is 1.54 bits per heavy atom. The molecular weight excluding hydrogens is 486 g/mol. The van der Waals surface area contributed by atoms with Crippen molar-refractivity contribution in [1.82, 2.24) is 28.7 Å². The van der Waals surface area contributed by atoms with Gasteiger partial charge in [-0.2, -0.15) is 0 Å². The molecule has 4 heterocycles. The smallest absolute Gasteiger partial charge is 0.180 e. The number of nitrogens with zero attached hydrogens (tertiary/aromatic N) is 6. The van der Waals surface area contributed by atoms with Gasteiger partial charge in [0, 0.05) is 43.2 Å². The number of hydrogen-bond donors (Lipinski definition) is 1. The highest BCUT2D eigenvalue weighted by molar-refractivity contribution is 9.10. The number of halogens is 2. The summed E-state index contributed by atoms with van der Waals surface area (Å²) in [5.41, 5.74) is 3.01. The molecule has 144 valence electrons. The molecule has 2 saturated carbocycles. The molecule has 9 heteroatoms. The van der Waals surface area contributed by atoms with Crippen LogP contribution in [0.5, 0.6) is 0 Å². The number of rotatable bonds is 4. The zero-order valence-corrected chi connectivity index (χ0v) is 18.3. The third-order valence-electron chi connectivity index (χ3n) is 4.86. The third-order valence-corrected chi connectivity index (χ3v) is 5.62. The van der Waals surface area contributed by atoms with E-state index in [1.54, 1.807) is 6.20 Å². The van der Waals surface area contributed by atoms with Gasteiger partial charge >= 0.3 is 0 Å².